The first kappa shape index (κ1) is 54.8. The van der Waals surface area contributed by atoms with Gasteiger partial charge in [0.2, 0.25) is 17.7 Å². The molecule has 2 aliphatic heterocycles. The van der Waals surface area contributed by atoms with Gasteiger partial charge in [0.1, 0.15) is 55.7 Å². The maximum absolute atomic E-state index is 14.6. The van der Waals surface area contributed by atoms with Crippen LogP contribution in [0.1, 0.15) is 96.0 Å². The van der Waals surface area contributed by atoms with Gasteiger partial charge in [-0.1, -0.05) is 100 Å². The summed E-state index contributed by atoms with van der Waals surface area (Å²) in [4.78, 5) is 83.8. The molecule has 0 bridgehead atoms. The lowest BCUT2D eigenvalue weighted by Crippen LogP contribution is -2.61. The van der Waals surface area contributed by atoms with Gasteiger partial charge in [0.25, 0.3) is 5.91 Å². The number of hydrogen-bond acceptors (Lipinski definition) is 12. The van der Waals surface area contributed by atoms with Crippen molar-refractivity contribution in [2.45, 2.75) is 129 Å². The second kappa shape index (κ2) is 26.3. The molecular formula is C54H73N8O10+. The Morgan fingerprint density at radius 3 is 1.99 bits per heavy atom. The number of aromatic amines is 1. The number of rotatable bonds is 28. The normalized spacial score (nSPS) is 17.7. The zero-order chi connectivity index (χ0) is 51.7. The van der Waals surface area contributed by atoms with E-state index in [1.807, 2.05) is 101 Å². The minimum Gasteiger partial charge on any atom is -0.483 e. The lowest BCUT2D eigenvalue weighted by molar-refractivity contribution is -0.940. The molecule has 388 valence electrons. The molecule has 0 aliphatic carbocycles. The second-order valence-corrected chi connectivity index (χ2v) is 20.1. The number of H-pyrrole nitrogens is 1. The number of aryl methyl sites for hydroxylation is 1. The highest BCUT2D eigenvalue weighted by Gasteiger charge is 2.50. The molecule has 0 spiro atoms. The first-order valence-corrected chi connectivity index (χ1v) is 25.2. The minimum absolute atomic E-state index is 0.0125. The van der Waals surface area contributed by atoms with Gasteiger partial charge in [0.05, 0.1) is 25.9 Å². The van der Waals surface area contributed by atoms with Crippen molar-refractivity contribution >= 4 is 35.4 Å². The van der Waals surface area contributed by atoms with Crippen molar-refractivity contribution in [2.24, 2.45) is 11.8 Å². The van der Waals surface area contributed by atoms with Gasteiger partial charge >= 0.3 is 5.97 Å². The van der Waals surface area contributed by atoms with Gasteiger partial charge in [0.15, 0.2) is 23.8 Å². The molecule has 18 heteroatoms. The quantitative estimate of drug-likeness (QED) is 0.0226. The van der Waals surface area contributed by atoms with Crippen molar-refractivity contribution in [1.82, 2.24) is 36.7 Å². The third kappa shape index (κ3) is 16.8. The number of esters is 1. The van der Waals surface area contributed by atoms with Gasteiger partial charge in [-0.05, 0) is 80.2 Å². The number of epoxide rings is 1. The van der Waals surface area contributed by atoms with Crippen molar-refractivity contribution < 1.29 is 52.2 Å². The van der Waals surface area contributed by atoms with E-state index in [9.17, 15) is 28.8 Å². The highest BCUT2D eigenvalue weighted by Crippen LogP contribution is 2.32. The highest BCUT2D eigenvalue weighted by molar-refractivity contribution is 5.99. The van der Waals surface area contributed by atoms with Crippen LogP contribution in [0.25, 0.3) is 0 Å². The minimum atomic E-state index is -1.09. The number of Topliss-reactive ketones (excluding diaryl/α,β-unsaturated/α-hetero) is 1. The number of aromatic nitrogens is 3. The van der Waals surface area contributed by atoms with Crippen LogP contribution in [-0.4, -0.2) is 124 Å². The Bertz CT molecular complexity index is 2410. The van der Waals surface area contributed by atoms with E-state index in [0.717, 1.165) is 16.7 Å². The first-order valence-electron chi connectivity index (χ1n) is 25.2. The molecule has 0 radical (unpaired) electrons. The molecule has 4 aromatic rings. The van der Waals surface area contributed by atoms with Crippen LogP contribution < -0.4 is 30.7 Å². The number of carbonyl (C=O) groups is 6. The SMILES string of the molecule is CCCC(=O)Oc1ccc(C[N+]2(CC(=O)N[C@@H](CCc3ccccc3)C(=O)N[C@@H](CC(C)C)C(=O)N[C@@H](Cc3ccccc3)C(=O)N[C@@H](CC(C)C)C(=O)[C@@]3(C)CO3)CCOCC2)cc1OCc1c[nH]nn1. The number of nitrogens with one attached hydrogen (secondary N) is 5. The van der Waals surface area contributed by atoms with Crippen LogP contribution in [0, 0.1) is 11.8 Å². The van der Waals surface area contributed by atoms with Gasteiger partial charge in [0, 0.05) is 24.6 Å². The molecule has 3 heterocycles. The first-order chi connectivity index (χ1) is 34.5. The number of amides is 4. The molecule has 72 heavy (non-hydrogen) atoms. The van der Waals surface area contributed by atoms with Gasteiger partial charge in [-0.3, -0.25) is 33.9 Å². The van der Waals surface area contributed by atoms with Crippen LogP contribution in [-0.2, 0) is 64.2 Å². The molecule has 2 fully saturated rings. The summed E-state index contributed by atoms with van der Waals surface area (Å²) in [5.41, 5.74) is 2.17. The molecule has 5 atom stereocenters. The Kier molecular flexibility index (Phi) is 20.0. The summed E-state index contributed by atoms with van der Waals surface area (Å²) in [5, 5.41) is 22.3. The number of hydrogen-bond donors (Lipinski definition) is 5. The van der Waals surface area contributed by atoms with E-state index in [1.165, 1.54) is 0 Å². The summed E-state index contributed by atoms with van der Waals surface area (Å²) in [6.45, 7) is 14.0. The van der Waals surface area contributed by atoms with Gasteiger partial charge in [-0.25, -0.2) is 0 Å². The fraction of sp³-hybridized carbons (Fsp3) is 0.519. The number of carbonyl (C=O) groups excluding carboxylic acids is 6. The number of benzene rings is 3. The molecule has 6 rings (SSSR count). The standard InChI is InChI=1S/C54H72N8O10/c1-7-14-49(64)72-46-22-20-40(30-47(46)70-34-41-31-55-61-60-41)32-62(23-25-69-26-24-62)33-48(63)56-42(21-19-38-15-10-8-11-16-38)51(66)58-44(28-37(4)5)52(67)59-45(29-39-17-12-9-13-18-39)53(68)57-43(27-36(2)3)50(65)54(6)35-71-54/h8-13,15-18,20,22,30-31,36-37,42-45H,7,14,19,21,23-29,32-35H2,1-6H3,(H4-,55,56,57,58,59,60,61,63,66,67,68)/p+1/t42-,43-,44-,45-,54+/m0/s1. The van der Waals surface area contributed by atoms with Crippen molar-refractivity contribution in [1.29, 1.82) is 0 Å². The summed E-state index contributed by atoms with van der Waals surface area (Å²) in [7, 11) is 0. The van der Waals surface area contributed by atoms with Crippen LogP contribution in [0.4, 0.5) is 0 Å². The monoisotopic (exact) mass is 994 g/mol. The van der Waals surface area contributed by atoms with Crippen molar-refractivity contribution in [3.63, 3.8) is 0 Å². The predicted molar refractivity (Wildman–Crippen MR) is 268 cm³/mol. The lowest BCUT2D eigenvalue weighted by Gasteiger charge is -2.41. The number of nitrogens with zero attached hydrogens (tertiary/aromatic N) is 3. The van der Waals surface area contributed by atoms with E-state index in [0.29, 0.717) is 68.0 Å². The fourth-order valence-electron chi connectivity index (χ4n) is 8.83. The van der Waals surface area contributed by atoms with E-state index >= 15 is 0 Å². The van der Waals surface area contributed by atoms with Crippen LogP contribution in [0.5, 0.6) is 11.5 Å². The number of ether oxygens (including phenoxy) is 4. The fourth-order valence-corrected chi connectivity index (χ4v) is 8.83. The average molecular weight is 994 g/mol. The molecule has 2 aliphatic rings. The Morgan fingerprint density at radius 1 is 0.750 bits per heavy atom. The number of morpholine rings is 1. The average Bonchev–Trinajstić information content (AvgIpc) is 3.88. The highest BCUT2D eigenvalue weighted by atomic mass is 16.6. The topological polar surface area (TPSA) is 232 Å². The van der Waals surface area contributed by atoms with Gasteiger partial charge < -0.3 is 44.7 Å². The van der Waals surface area contributed by atoms with Crippen LogP contribution in [0.15, 0.2) is 85.1 Å². The molecule has 0 saturated carbocycles. The molecule has 4 amide bonds. The van der Waals surface area contributed by atoms with Crippen LogP contribution >= 0.6 is 0 Å². The summed E-state index contributed by atoms with van der Waals surface area (Å²) in [6, 6.07) is 20.2. The zero-order valence-electron chi connectivity index (χ0n) is 42.6. The predicted octanol–water partition coefficient (Wildman–Crippen LogP) is 4.70. The van der Waals surface area contributed by atoms with E-state index < -0.39 is 47.5 Å². The smallest absolute Gasteiger partial charge is 0.311 e. The molecule has 0 unspecified atom stereocenters. The third-order valence-electron chi connectivity index (χ3n) is 12.9. The second-order valence-electron chi connectivity index (χ2n) is 20.1. The number of quaternary nitrogens is 1. The molecule has 5 N–H and O–H groups in total. The largest absolute Gasteiger partial charge is 0.483 e. The zero-order valence-corrected chi connectivity index (χ0v) is 42.6. The molecule has 18 nitrogen and oxygen atoms in total. The summed E-state index contributed by atoms with van der Waals surface area (Å²) in [5.74, 6) is -1.98. The van der Waals surface area contributed by atoms with E-state index in [-0.39, 0.29) is 80.7 Å². The van der Waals surface area contributed by atoms with Gasteiger partial charge in [-0.2, -0.15) is 0 Å². The van der Waals surface area contributed by atoms with Crippen molar-refractivity contribution in [3.8, 4) is 11.5 Å². The van der Waals surface area contributed by atoms with Crippen LogP contribution in [0.2, 0.25) is 0 Å². The Labute approximate surface area is 422 Å². The van der Waals surface area contributed by atoms with E-state index in [2.05, 4.69) is 36.7 Å². The Balaban J connectivity index is 1.21. The summed E-state index contributed by atoms with van der Waals surface area (Å²) >= 11 is 0. The third-order valence-corrected chi connectivity index (χ3v) is 12.9. The van der Waals surface area contributed by atoms with Crippen molar-refractivity contribution in [2.75, 3.05) is 39.5 Å². The van der Waals surface area contributed by atoms with Crippen molar-refractivity contribution in [3.05, 3.63) is 107 Å². The van der Waals surface area contributed by atoms with E-state index in [1.54, 1.807) is 25.3 Å². The molecule has 2 saturated heterocycles. The molecule has 3 aromatic carbocycles. The van der Waals surface area contributed by atoms with E-state index in [4.69, 9.17) is 18.9 Å². The summed E-state index contributed by atoms with van der Waals surface area (Å²) < 4.78 is 23.3. The maximum atomic E-state index is 14.6. The maximum Gasteiger partial charge on any atom is 0.311 e. The molecule has 1 aromatic heterocycles. The Hall–Kier alpha value is -6.50. The number of ketones is 1. The lowest BCUT2D eigenvalue weighted by atomic mass is 9.93. The van der Waals surface area contributed by atoms with Crippen LogP contribution in [0.3, 0.4) is 0 Å². The van der Waals surface area contributed by atoms with Gasteiger partial charge in [-0.15, -0.1) is 5.10 Å². The molecular weight excluding hydrogens is 921 g/mol. The Morgan fingerprint density at radius 2 is 1.36 bits per heavy atom. The summed E-state index contributed by atoms with van der Waals surface area (Å²) in [6.07, 6.45) is 3.91.